The van der Waals surface area contributed by atoms with Gasteiger partial charge >= 0.3 is 5.97 Å². The van der Waals surface area contributed by atoms with Gasteiger partial charge in [0, 0.05) is 5.56 Å². The summed E-state index contributed by atoms with van der Waals surface area (Å²) in [6.07, 6.45) is 1.87. The Hall–Kier alpha value is -1.88. The number of carbonyl (C=O) groups is 1. The van der Waals surface area contributed by atoms with Crippen LogP contribution in [-0.4, -0.2) is 29.3 Å². The molecule has 0 aliphatic heterocycles. The molecule has 0 N–H and O–H groups in total. The molecule has 0 atom stereocenters. The number of methoxy groups -OCH3 is 1. The monoisotopic (exact) mass is 260 g/mol. The Bertz CT molecular complexity index is 558. The fourth-order valence-electron chi connectivity index (χ4n) is 1.48. The molecule has 92 valence electrons. The molecule has 5 heteroatoms. The van der Waals surface area contributed by atoms with E-state index >= 15 is 0 Å². The number of ether oxygens (including phenoxy) is 1. The highest BCUT2D eigenvalue weighted by molar-refractivity contribution is 7.98. The third-order valence-corrected chi connectivity index (χ3v) is 2.90. The Labute approximate surface area is 109 Å². The zero-order valence-electron chi connectivity index (χ0n) is 10.1. The first-order valence-corrected chi connectivity index (χ1v) is 6.54. The highest BCUT2D eigenvalue weighted by Gasteiger charge is 2.12. The lowest BCUT2D eigenvalue weighted by Gasteiger charge is -2.05. The molecule has 1 aromatic heterocycles. The van der Waals surface area contributed by atoms with Crippen molar-refractivity contribution in [3.05, 3.63) is 42.1 Å². The third kappa shape index (κ3) is 2.68. The van der Waals surface area contributed by atoms with Crippen LogP contribution >= 0.6 is 11.8 Å². The summed E-state index contributed by atoms with van der Waals surface area (Å²) in [7, 11) is 1.34. The molecule has 2 aromatic rings. The van der Waals surface area contributed by atoms with Crippen LogP contribution in [0.2, 0.25) is 0 Å². The van der Waals surface area contributed by atoms with E-state index in [1.165, 1.54) is 18.9 Å². The zero-order valence-corrected chi connectivity index (χ0v) is 10.9. The summed E-state index contributed by atoms with van der Waals surface area (Å²) in [5.74, 6) is -0.454. The molecule has 0 aliphatic rings. The van der Waals surface area contributed by atoms with E-state index in [2.05, 4.69) is 14.7 Å². The molecule has 0 saturated heterocycles. The van der Waals surface area contributed by atoms with E-state index in [4.69, 9.17) is 0 Å². The predicted molar refractivity (Wildman–Crippen MR) is 70.6 cm³/mol. The van der Waals surface area contributed by atoms with Gasteiger partial charge in [-0.25, -0.2) is 14.8 Å². The van der Waals surface area contributed by atoms with Crippen molar-refractivity contribution in [2.75, 3.05) is 13.4 Å². The molecule has 2 rings (SSSR count). The van der Waals surface area contributed by atoms with Crippen LogP contribution in [0, 0.1) is 0 Å². The van der Waals surface area contributed by atoms with Crippen LogP contribution in [-0.2, 0) is 4.74 Å². The lowest BCUT2D eigenvalue weighted by atomic mass is 10.1. The van der Waals surface area contributed by atoms with Gasteiger partial charge in [-0.1, -0.05) is 42.1 Å². The smallest absolute Gasteiger partial charge is 0.356 e. The first-order chi connectivity index (χ1) is 8.74. The van der Waals surface area contributed by atoms with E-state index in [9.17, 15) is 4.79 Å². The summed E-state index contributed by atoms with van der Waals surface area (Å²) < 4.78 is 4.69. The van der Waals surface area contributed by atoms with Crippen LogP contribution in [0.5, 0.6) is 0 Å². The van der Waals surface area contributed by atoms with Crippen molar-refractivity contribution in [2.45, 2.75) is 5.16 Å². The Morgan fingerprint density at radius 1 is 1.22 bits per heavy atom. The number of rotatable bonds is 3. The maximum Gasteiger partial charge on any atom is 0.356 e. The van der Waals surface area contributed by atoms with Gasteiger partial charge in [0.2, 0.25) is 0 Å². The number of nitrogens with zero attached hydrogens (tertiary/aromatic N) is 2. The van der Waals surface area contributed by atoms with Crippen molar-refractivity contribution in [2.24, 2.45) is 0 Å². The average Bonchev–Trinajstić information content (AvgIpc) is 2.46. The van der Waals surface area contributed by atoms with Crippen LogP contribution in [0.4, 0.5) is 0 Å². The molecule has 1 heterocycles. The SMILES string of the molecule is COC(=O)c1cc(-c2ccccc2)nc(SC)n1. The van der Waals surface area contributed by atoms with Crippen molar-refractivity contribution in [3.63, 3.8) is 0 Å². The minimum Gasteiger partial charge on any atom is -0.464 e. The van der Waals surface area contributed by atoms with E-state index in [1.807, 2.05) is 36.6 Å². The molecule has 18 heavy (non-hydrogen) atoms. The van der Waals surface area contributed by atoms with Crippen molar-refractivity contribution >= 4 is 17.7 Å². The fraction of sp³-hybridized carbons (Fsp3) is 0.154. The number of aromatic nitrogens is 2. The van der Waals surface area contributed by atoms with E-state index in [-0.39, 0.29) is 5.69 Å². The first-order valence-electron chi connectivity index (χ1n) is 5.31. The van der Waals surface area contributed by atoms with E-state index in [1.54, 1.807) is 6.07 Å². The molecule has 0 spiro atoms. The molecule has 0 fully saturated rings. The highest BCUT2D eigenvalue weighted by atomic mass is 32.2. The van der Waals surface area contributed by atoms with Gasteiger partial charge in [0.1, 0.15) is 0 Å². The quantitative estimate of drug-likeness (QED) is 0.482. The fourth-order valence-corrected chi connectivity index (χ4v) is 1.86. The number of hydrogen-bond acceptors (Lipinski definition) is 5. The van der Waals surface area contributed by atoms with Crippen molar-refractivity contribution < 1.29 is 9.53 Å². The number of esters is 1. The number of thioether (sulfide) groups is 1. The number of hydrogen-bond donors (Lipinski definition) is 0. The molecular formula is C13H12N2O2S. The summed E-state index contributed by atoms with van der Waals surface area (Å²) in [4.78, 5) is 20.1. The Balaban J connectivity index is 2.51. The lowest BCUT2D eigenvalue weighted by molar-refractivity contribution is 0.0593. The van der Waals surface area contributed by atoms with Crippen molar-refractivity contribution in [1.82, 2.24) is 9.97 Å². The van der Waals surface area contributed by atoms with Gasteiger partial charge in [0.25, 0.3) is 0 Å². The van der Waals surface area contributed by atoms with Gasteiger partial charge in [-0.15, -0.1) is 0 Å². The zero-order chi connectivity index (χ0) is 13.0. The average molecular weight is 260 g/mol. The van der Waals surface area contributed by atoms with Gasteiger partial charge in [0.15, 0.2) is 10.9 Å². The first kappa shape index (κ1) is 12.6. The standard InChI is InChI=1S/C13H12N2O2S/c1-17-12(16)11-8-10(14-13(15-11)18-2)9-6-4-3-5-7-9/h3-8H,1-2H3. The molecule has 0 saturated carbocycles. The van der Waals surface area contributed by atoms with E-state index in [0.29, 0.717) is 5.16 Å². The Morgan fingerprint density at radius 3 is 2.56 bits per heavy atom. The third-order valence-electron chi connectivity index (χ3n) is 2.35. The maximum atomic E-state index is 11.5. The molecular weight excluding hydrogens is 248 g/mol. The molecule has 0 unspecified atom stereocenters. The van der Waals surface area contributed by atoms with Gasteiger partial charge in [-0.05, 0) is 12.3 Å². The normalized spacial score (nSPS) is 10.1. The largest absolute Gasteiger partial charge is 0.464 e. The summed E-state index contributed by atoms with van der Waals surface area (Å²) >= 11 is 1.39. The summed E-state index contributed by atoms with van der Waals surface area (Å²) in [6.45, 7) is 0. The van der Waals surface area contributed by atoms with Crippen LogP contribution < -0.4 is 0 Å². The topological polar surface area (TPSA) is 52.1 Å². The second-order valence-electron chi connectivity index (χ2n) is 3.48. The van der Waals surface area contributed by atoms with E-state index in [0.717, 1.165) is 11.3 Å². The number of benzene rings is 1. The van der Waals surface area contributed by atoms with Gasteiger partial charge < -0.3 is 4.74 Å². The number of carbonyl (C=O) groups excluding carboxylic acids is 1. The molecule has 0 bridgehead atoms. The van der Waals surface area contributed by atoms with Crippen LogP contribution in [0.1, 0.15) is 10.5 Å². The van der Waals surface area contributed by atoms with Crippen molar-refractivity contribution in [3.8, 4) is 11.3 Å². The van der Waals surface area contributed by atoms with Gasteiger partial charge in [0.05, 0.1) is 12.8 Å². The van der Waals surface area contributed by atoms with Crippen LogP contribution in [0.15, 0.2) is 41.6 Å². The van der Waals surface area contributed by atoms with E-state index < -0.39 is 5.97 Å². The molecule has 0 amide bonds. The van der Waals surface area contributed by atoms with Gasteiger partial charge in [-0.3, -0.25) is 0 Å². The second kappa shape index (κ2) is 5.64. The summed E-state index contributed by atoms with van der Waals surface area (Å²) in [5.41, 5.74) is 1.94. The Morgan fingerprint density at radius 2 is 1.94 bits per heavy atom. The van der Waals surface area contributed by atoms with Crippen LogP contribution in [0.3, 0.4) is 0 Å². The predicted octanol–water partition coefficient (Wildman–Crippen LogP) is 2.65. The van der Waals surface area contributed by atoms with Gasteiger partial charge in [-0.2, -0.15) is 0 Å². The molecule has 0 aliphatic carbocycles. The maximum absolute atomic E-state index is 11.5. The second-order valence-corrected chi connectivity index (χ2v) is 4.26. The summed E-state index contributed by atoms with van der Waals surface area (Å²) in [5, 5.41) is 0.553. The van der Waals surface area contributed by atoms with Crippen molar-refractivity contribution in [1.29, 1.82) is 0 Å². The van der Waals surface area contributed by atoms with Crippen LogP contribution in [0.25, 0.3) is 11.3 Å². The Kier molecular flexibility index (Phi) is 3.94. The molecule has 4 nitrogen and oxygen atoms in total. The minimum atomic E-state index is -0.454. The minimum absolute atomic E-state index is 0.274. The lowest BCUT2D eigenvalue weighted by Crippen LogP contribution is -2.06. The summed E-state index contributed by atoms with van der Waals surface area (Å²) in [6, 6.07) is 11.3. The molecule has 1 aromatic carbocycles. The molecule has 0 radical (unpaired) electrons. The highest BCUT2D eigenvalue weighted by Crippen LogP contribution is 2.20.